The van der Waals surface area contributed by atoms with Crippen LogP contribution in [0.25, 0.3) is 11.2 Å². The van der Waals surface area contributed by atoms with Crippen LogP contribution in [-0.2, 0) is 7.05 Å². The number of pyridine rings is 1. The van der Waals surface area contributed by atoms with E-state index in [2.05, 4.69) is 47.0 Å². The standard InChI is InChI=1S/C16H25N5O/c1-10-8-12(13-14(17-10)20(5)15(22)18-13)21-7-6-11(9-21)19-16(2,3)4/h8,11,19H,6-7,9H2,1-5H3,(H,18,22)/t11-/m1/s1. The second-order valence-corrected chi connectivity index (χ2v) is 7.30. The van der Waals surface area contributed by atoms with E-state index in [9.17, 15) is 4.79 Å². The van der Waals surface area contributed by atoms with Crippen LogP contribution in [0.3, 0.4) is 0 Å². The third-order valence-electron chi connectivity index (χ3n) is 4.13. The van der Waals surface area contributed by atoms with Gasteiger partial charge in [0.2, 0.25) is 0 Å². The van der Waals surface area contributed by atoms with Crippen LogP contribution in [0.1, 0.15) is 32.9 Å². The van der Waals surface area contributed by atoms with Gasteiger partial charge in [0.25, 0.3) is 0 Å². The summed E-state index contributed by atoms with van der Waals surface area (Å²) >= 11 is 0. The fourth-order valence-corrected chi connectivity index (χ4v) is 3.25. The highest BCUT2D eigenvalue weighted by molar-refractivity contribution is 5.86. The maximum atomic E-state index is 11.9. The first kappa shape index (κ1) is 15.1. The molecule has 2 aromatic rings. The molecule has 0 amide bonds. The van der Waals surface area contributed by atoms with E-state index in [1.54, 1.807) is 11.6 Å². The Kier molecular flexibility index (Phi) is 3.51. The van der Waals surface area contributed by atoms with Gasteiger partial charge in [0.05, 0.1) is 5.69 Å². The van der Waals surface area contributed by atoms with Gasteiger partial charge < -0.3 is 15.2 Å². The zero-order valence-electron chi connectivity index (χ0n) is 14.0. The molecule has 22 heavy (non-hydrogen) atoms. The molecular weight excluding hydrogens is 278 g/mol. The van der Waals surface area contributed by atoms with E-state index in [1.165, 1.54) is 0 Å². The lowest BCUT2D eigenvalue weighted by atomic mass is 10.1. The van der Waals surface area contributed by atoms with Crippen LogP contribution in [0.5, 0.6) is 0 Å². The number of rotatable bonds is 2. The van der Waals surface area contributed by atoms with Crippen LogP contribution in [0.4, 0.5) is 5.69 Å². The Hall–Kier alpha value is -1.82. The van der Waals surface area contributed by atoms with Crippen molar-refractivity contribution in [3.63, 3.8) is 0 Å². The number of aryl methyl sites for hydroxylation is 2. The molecule has 2 N–H and O–H groups in total. The molecule has 2 aromatic heterocycles. The van der Waals surface area contributed by atoms with E-state index < -0.39 is 0 Å². The number of aromatic amines is 1. The highest BCUT2D eigenvalue weighted by atomic mass is 16.1. The number of anilines is 1. The smallest absolute Gasteiger partial charge is 0.327 e. The zero-order valence-corrected chi connectivity index (χ0v) is 14.0. The molecule has 1 aliphatic rings. The first-order chi connectivity index (χ1) is 10.2. The second kappa shape index (κ2) is 5.12. The third-order valence-corrected chi connectivity index (χ3v) is 4.13. The van der Waals surface area contributed by atoms with E-state index in [0.29, 0.717) is 6.04 Å². The minimum absolute atomic E-state index is 0.113. The lowest BCUT2D eigenvalue weighted by Gasteiger charge is -2.26. The van der Waals surface area contributed by atoms with Crippen molar-refractivity contribution in [2.45, 2.75) is 45.7 Å². The van der Waals surface area contributed by atoms with Gasteiger partial charge in [0, 0.05) is 37.4 Å². The number of nitrogens with zero attached hydrogens (tertiary/aromatic N) is 3. The molecule has 0 aromatic carbocycles. The lowest BCUT2D eigenvalue weighted by Crippen LogP contribution is -2.44. The fourth-order valence-electron chi connectivity index (χ4n) is 3.25. The van der Waals surface area contributed by atoms with Crippen molar-refractivity contribution < 1.29 is 0 Å². The highest BCUT2D eigenvalue weighted by Crippen LogP contribution is 2.28. The molecule has 0 unspecified atom stereocenters. The Morgan fingerprint density at radius 3 is 2.82 bits per heavy atom. The SMILES string of the molecule is Cc1cc(N2CC[C@@H](NC(C)(C)C)C2)c2[nH]c(=O)n(C)c2n1. The van der Waals surface area contributed by atoms with Gasteiger partial charge in [0.15, 0.2) is 5.65 Å². The minimum Gasteiger partial charge on any atom is -0.368 e. The molecule has 0 bridgehead atoms. The van der Waals surface area contributed by atoms with Crippen molar-refractivity contribution >= 4 is 16.9 Å². The predicted octanol–water partition coefficient (Wildman–Crippen LogP) is 1.54. The molecular formula is C16H25N5O. The summed E-state index contributed by atoms with van der Waals surface area (Å²) in [6, 6.07) is 2.54. The Bertz CT molecular complexity index is 752. The molecule has 1 fully saturated rings. The summed E-state index contributed by atoms with van der Waals surface area (Å²) in [6.07, 6.45) is 1.11. The molecule has 6 nitrogen and oxygen atoms in total. The zero-order chi connectivity index (χ0) is 16.1. The highest BCUT2D eigenvalue weighted by Gasteiger charge is 2.27. The van der Waals surface area contributed by atoms with Gasteiger partial charge in [-0.2, -0.15) is 0 Å². The Balaban J connectivity index is 1.94. The quantitative estimate of drug-likeness (QED) is 0.883. The normalized spacial score (nSPS) is 19.3. The van der Waals surface area contributed by atoms with Crippen molar-refractivity contribution in [1.82, 2.24) is 19.9 Å². The van der Waals surface area contributed by atoms with Gasteiger partial charge in [-0.3, -0.25) is 4.57 Å². The van der Waals surface area contributed by atoms with E-state index in [4.69, 9.17) is 0 Å². The van der Waals surface area contributed by atoms with Gasteiger partial charge in [-0.05, 0) is 40.2 Å². The van der Waals surface area contributed by atoms with Gasteiger partial charge >= 0.3 is 5.69 Å². The average Bonchev–Trinajstić information content (AvgIpc) is 2.95. The maximum absolute atomic E-state index is 11.9. The second-order valence-electron chi connectivity index (χ2n) is 7.30. The van der Waals surface area contributed by atoms with Crippen LogP contribution in [0.15, 0.2) is 10.9 Å². The summed E-state index contributed by atoms with van der Waals surface area (Å²) < 4.78 is 1.58. The molecule has 0 spiro atoms. The summed E-state index contributed by atoms with van der Waals surface area (Å²) in [7, 11) is 1.76. The van der Waals surface area contributed by atoms with Gasteiger partial charge in [-0.25, -0.2) is 9.78 Å². The first-order valence-electron chi connectivity index (χ1n) is 7.83. The monoisotopic (exact) mass is 303 g/mol. The Morgan fingerprint density at radius 1 is 1.41 bits per heavy atom. The molecule has 0 radical (unpaired) electrons. The van der Waals surface area contributed by atoms with Crippen LogP contribution >= 0.6 is 0 Å². The van der Waals surface area contributed by atoms with Crippen molar-refractivity contribution in [2.24, 2.45) is 7.05 Å². The fraction of sp³-hybridized carbons (Fsp3) is 0.625. The minimum atomic E-state index is -0.113. The number of hydrogen-bond donors (Lipinski definition) is 2. The number of imidazole rings is 1. The summed E-state index contributed by atoms with van der Waals surface area (Å²) in [6.45, 7) is 10.5. The average molecular weight is 303 g/mol. The number of fused-ring (bicyclic) bond motifs is 1. The van der Waals surface area contributed by atoms with E-state index in [-0.39, 0.29) is 11.2 Å². The number of aromatic nitrogens is 3. The molecule has 6 heteroatoms. The van der Waals surface area contributed by atoms with E-state index in [0.717, 1.165) is 42.1 Å². The maximum Gasteiger partial charge on any atom is 0.327 e. The number of nitrogens with one attached hydrogen (secondary N) is 2. The topological polar surface area (TPSA) is 65.9 Å². The molecule has 0 aliphatic carbocycles. The molecule has 120 valence electrons. The number of H-pyrrole nitrogens is 1. The Labute approximate surface area is 130 Å². The largest absolute Gasteiger partial charge is 0.368 e. The molecule has 1 aliphatic heterocycles. The van der Waals surface area contributed by atoms with Gasteiger partial charge in [-0.15, -0.1) is 0 Å². The molecule has 3 rings (SSSR count). The summed E-state index contributed by atoms with van der Waals surface area (Å²) in [5.74, 6) is 0. The van der Waals surface area contributed by atoms with Crippen molar-refractivity contribution in [2.75, 3.05) is 18.0 Å². The molecule has 3 heterocycles. The summed E-state index contributed by atoms with van der Waals surface area (Å²) in [5, 5.41) is 3.66. The molecule has 1 atom stereocenters. The van der Waals surface area contributed by atoms with E-state index in [1.807, 2.05) is 6.92 Å². The van der Waals surface area contributed by atoms with Crippen LogP contribution in [0, 0.1) is 6.92 Å². The summed E-state index contributed by atoms with van der Waals surface area (Å²) in [4.78, 5) is 21.7. The van der Waals surface area contributed by atoms with Crippen LogP contribution in [0.2, 0.25) is 0 Å². The van der Waals surface area contributed by atoms with Gasteiger partial charge in [0.1, 0.15) is 5.52 Å². The Morgan fingerprint density at radius 2 is 2.14 bits per heavy atom. The van der Waals surface area contributed by atoms with Crippen molar-refractivity contribution in [3.05, 3.63) is 22.2 Å². The predicted molar refractivity (Wildman–Crippen MR) is 89.6 cm³/mol. The summed E-state index contributed by atoms with van der Waals surface area (Å²) in [5.41, 5.74) is 3.59. The van der Waals surface area contributed by atoms with Gasteiger partial charge in [-0.1, -0.05) is 0 Å². The molecule has 1 saturated heterocycles. The van der Waals surface area contributed by atoms with Crippen molar-refractivity contribution in [3.8, 4) is 0 Å². The third kappa shape index (κ3) is 2.75. The number of hydrogen-bond acceptors (Lipinski definition) is 4. The van der Waals surface area contributed by atoms with Crippen molar-refractivity contribution in [1.29, 1.82) is 0 Å². The first-order valence-corrected chi connectivity index (χ1v) is 7.83. The molecule has 0 saturated carbocycles. The van der Waals surface area contributed by atoms with Crippen LogP contribution < -0.4 is 15.9 Å². The van der Waals surface area contributed by atoms with E-state index >= 15 is 0 Å². The van der Waals surface area contributed by atoms with Crippen LogP contribution in [-0.4, -0.2) is 39.2 Å². The lowest BCUT2D eigenvalue weighted by molar-refractivity contribution is 0.373.